The van der Waals surface area contributed by atoms with Crippen molar-refractivity contribution in [2.45, 2.75) is 13.3 Å². The number of aryl methyl sites for hydroxylation is 1. The van der Waals surface area contributed by atoms with E-state index in [1.807, 2.05) is 31.2 Å². The zero-order valence-corrected chi connectivity index (χ0v) is 11.1. The van der Waals surface area contributed by atoms with Crippen molar-refractivity contribution < 1.29 is 4.39 Å². The number of aromatic amines is 1. The Morgan fingerprint density at radius 2 is 2.15 bits per heavy atom. The third-order valence-electron chi connectivity index (χ3n) is 3.34. The van der Waals surface area contributed by atoms with Gasteiger partial charge in [0, 0.05) is 11.1 Å². The Balaban J connectivity index is 2.01. The summed E-state index contributed by atoms with van der Waals surface area (Å²) in [5, 5.41) is 10.8. The van der Waals surface area contributed by atoms with Gasteiger partial charge in [0.25, 0.3) is 0 Å². The first kappa shape index (κ1) is 12.5. The first-order valence-corrected chi connectivity index (χ1v) is 6.47. The molecule has 0 aliphatic heterocycles. The van der Waals surface area contributed by atoms with Crippen molar-refractivity contribution in [1.82, 2.24) is 10.2 Å². The second-order valence-electron chi connectivity index (χ2n) is 4.62. The van der Waals surface area contributed by atoms with Crippen LogP contribution >= 0.6 is 0 Å². The van der Waals surface area contributed by atoms with E-state index in [9.17, 15) is 4.39 Å². The van der Waals surface area contributed by atoms with E-state index in [1.165, 1.54) is 6.07 Å². The van der Waals surface area contributed by atoms with Crippen LogP contribution in [0.15, 0.2) is 36.4 Å². The van der Waals surface area contributed by atoms with Gasteiger partial charge in [-0.3, -0.25) is 5.10 Å². The van der Waals surface area contributed by atoms with Gasteiger partial charge >= 0.3 is 0 Å². The number of benzene rings is 2. The van der Waals surface area contributed by atoms with E-state index in [0.717, 1.165) is 28.6 Å². The highest BCUT2D eigenvalue weighted by Crippen LogP contribution is 2.27. The summed E-state index contributed by atoms with van der Waals surface area (Å²) in [5.41, 5.74) is 8.79. The molecular weight excluding hydrogens is 255 g/mol. The number of nitrogens with two attached hydrogens (primary N) is 1. The molecule has 102 valence electrons. The lowest BCUT2D eigenvalue weighted by atomic mass is 10.1. The van der Waals surface area contributed by atoms with Crippen LogP contribution in [0.1, 0.15) is 12.5 Å². The van der Waals surface area contributed by atoms with E-state index in [1.54, 1.807) is 6.07 Å². The molecule has 4 nitrogen and oxygen atoms in total. The van der Waals surface area contributed by atoms with Gasteiger partial charge in [-0.15, -0.1) is 0 Å². The van der Waals surface area contributed by atoms with Crippen LogP contribution in [0.4, 0.5) is 21.6 Å². The van der Waals surface area contributed by atoms with Crippen LogP contribution in [0, 0.1) is 5.82 Å². The number of nitrogens with zero attached hydrogens (tertiary/aromatic N) is 1. The third-order valence-corrected chi connectivity index (χ3v) is 3.34. The lowest BCUT2D eigenvalue weighted by Gasteiger charge is -2.12. The van der Waals surface area contributed by atoms with Crippen LogP contribution in [-0.4, -0.2) is 10.2 Å². The molecule has 0 saturated heterocycles. The minimum absolute atomic E-state index is 0.256. The number of aromatic nitrogens is 2. The highest BCUT2D eigenvalue weighted by Gasteiger charge is 2.08. The number of H-pyrrole nitrogens is 1. The Bertz CT molecular complexity index is 764. The maximum Gasteiger partial charge on any atom is 0.153 e. The van der Waals surface area contributed by atoms with Crippen molar-refractivity contribution in [1.29, 1.82) is 0 Å². The van der Waals surface area contributed by atoms with Gasteiger partial charge in [-0.05, 0) is 36.2 Å². The molecule has 0 unspecified atom stereocenters. The Morgan fingerprint density at radius 3 is 2.95 bits per heavy atom. The van der Waals surface area contributed by atoms with Gasteiger partial charge in [-0.25, -0.2) is 4.39 Å². The number of hydrogen-bond acceptors (Lipinski definition) is 3. The van der Waals surface area contributed by atoms with Crippen LogP contribution in [0.5, 0.6) is 0 Å². The third kappa shape index (κ3) is 2.07. The van der Waals surface area contributed by atoms with Gasteiger partial charge in [-0.2, -0.15) is 5.10 Å². The number of hydrogen-bond donors (Lipinski definition) is 3. The Labute approximate surface area is 115 Å². The number of fused-ring (bicyclic) bond motifs is 1. The summed E-state index contributed by atoms with van der Waals surface area (Å²) in [5.74, 6) is 0.209. The molecule has 1 heterocycles. The van der Waals surface area contributed by atoms with Crippen LogP contribution in [0.3, 0.4) is 0 Å². The highest BCUT2D eigenvalue weighted by atomic mass is 19.1. The summed E-state index contributed by atoms with van der Waals surface area (Å²) < 4.78 is 13.9. The second kappa shape index (κ2) is 4.85. The maximum atomic E-state index is 13.9. The number of rotatable bonds is 3. The monoisotopic (exact) mass is 270 g/mol. The molecule has 0 radical (unpaired) electrons. The minimum Gasteiger partial charge on any atom is -0.382 e. The molecule has 3 aromatic rings. The van der Waals surface area contributed by atoms with Crippen molar-refractivity contribution in [2.75, 3.05) is 11.1 Å². The van der Waals surface area contributed by atoms with Gasteiger partial charge in [0.2, 0.25) is 0 Å². The van der Waals surface area contributed by atoms with E-state index in [0.29, 0.717) is 11.5 Å². The summed E-state index contributed by atoms with van der Waals surface area (Å²) in [6.07, 6.45) is 0.763. The van der Waals surface area contributed by atoms with Gasteiger partial charge in [0.1, 0.15) is 5.82 Å². The number of anilines is 3. The van der Waals surface area contributed by atoms with Gasteiger partial charge in [0.15, 0.2) is 5.82 Å². The lowest BCUT2D eigenvalue weighted by Crippen LogP contribution is -1.98. The predicted molar refractivity (Wildman–Crippen MR) is 79.6 cm³/mol. The molecule has 0 aliphatic carbocycles. The fraction of sp³-hybridized carbons (Fsp3) is 0.133. The van der Waals surface area contributed by atoms with Crippen molar-refractivity contribution in [3.63, 3.8) is 0 Å². The van der Waals surface area contributed by atoms with E-state index < -0.39 is 0 Å². The SMILES string of the molecule is CCc1cccc(F)c1Nc1ccc2c(N)n[nH]c2c1. The number of nitrogens with one attached hydrogen (secondary N) is 2. The standard InChI is InChI=1S/C15H15FN4/c1-2-9-4-3-5-12(16)14(9)18-10-6-7-11-13(8-10)19-20-15(11)17/h3-8,18H,2H2,1H3,(H3,17,19,20). The fourth-order valence-electron chi connectivity index (χ4n) is 2.27. The molecule has 3 rings (SSSR count). The molecule has 0 saturated carbocycles. The number of para-hydroxylation sites is 1. The van der Waals surface area contributed by atoms with E-state index in [-0.39, 0.29) is 5.82 Å². The molecule has 0 aliphatic rings. The van der Waals surface area contributed by atoms with Crippen LogP contribution in [0.25, 0.3) is 10.9 Å². The summed E-state index contributed by atoms with van der Waals surface area (Å²) in [7, 11) is 0. The summed E-state index contributed by atoms with van der Waals surface area (Å²) in [6.45, 7) is 2.00. The molecule has 0 bridgehead atoms. The summed E-state index contributed by atoms with van der Waals surface area (Å²) >= 11 is 0. The van der Waals surface area contributed by atoms with Crippen LogP contribution in [-0.2, 0) is 6.42 Å². The molecule has 1 aromatic heterocycles. The van der Waals surface area contributed by atoms with Crippen molar-refractivity contribution in [2.24, 2.45) is 0 Å². The largest absolute Gasteiger partial charge is 0.382 e. The Kier molecular flexibility index (Phi) is 3.02. The maximum absolute atomic E-state index is 13.9. The van der Waals surface area contributed by atoms with E-state index >= 15 is 0 Å². The minimum atomic E-state index is -0.256. The molecular formula is C15H15FN4. The average molecular weight is 270 g/mol. The van der Waals surface area contributed by atoms with E-state index in [4.69, 9.17) is 5.73 Å². The summed E-state index contributed by atoms with van der Waals surface area (Å²) in [4.78, 5) is 0. The molecule has 0 amide bonds. The smallest absolute Gasteiger partial charge is 0.153 e. The normalized spacial score (nSPS) is 10.9. The van der Waals surface area contributed by atoms with Crippen molar-refractivity contribution in [3.05, 3.63) is 47.8 Å². The first-order valence-electron chi connectivity index (χ1n) is 6.47. The Hall–Kier alpha value is -2.56. The first-order chi connectivity index (χ1) is 9.69. The number of halogens is 1. The second-order valence-corrected chi connectivity index (χ2v) is 4.62. The van der Waals surface area contributed by atoms with Crippen LogP contribution < -0.4 is 11.1 Å². The summed E-state index contributed by atoms with van der Waals surface area (Å²) in [6, 6.07) is 10.7. The van der Waals surface area contributed by atoms with Gasteiger partial charge < -0.3 is 11.1 Å². The lowest BCUT2D eigenvalue weighted by molar-refractivity contribution is 0.630. The molecule has 0 spiro atoms. The zero-order valence-electron chi connectivity index (χ0n) is 11.1. The van der Waals surface area contributed by atoms with E-state index in [2.05, 4.69) is 15.5 Å². The highest BCUT2D eigenvalue weighted by molar-refractivity contribution is 5.91. The number of nitrogen functional groups attached to an aromatic ring is 1. The molecule has 4 N–H and O–H groups in total. The quantitative estimate of drug-likeness (QED) is 0.681. The zero-order chi connectivity index (χ0) is 14.1. The fourth-order valence-corrected chi connectivity index (χ4v) is 2.27. The molecule has 2 aromatic carbocycles. The van der Waals surface area contributed by atoms with Gasteiger partial charge in [-0.1, -0.05) is 19.1 Å². The van der Waals surface area contributed by atoms with Crippen LogP contribution in [0.2, 0.25) is 0 Å². The average Bonchev–Trinajstić information content (AvgIpc) is 2.82. The topological polar surface area (TPSA) is 66.7 Å². The molecule has 0 fully saturated rings. The predicted octanol–water partition coefficient (Wildman–Crippen LogP) is 3.59. The molecule has 5 heteroatoms. The van der Waals surface area contributed by atoms with Crippen molar-refractivity contribution in [3.8, 4) is 0 Å². The molecule has 0 atom stereocenters. The van der Waals surface area contributed by atoms with Crippen molar-refractivity contribution >= 4 is 28.1 Å². The Morgan fingerprint density at radius 1 is 1.30 bits per heavy atom. The van der Waals surface area contributed by atoms with Gasteiger partial charge in [0.05, 0.1) is 11.2 Å². The molecule has 20 heavy (non-hydrogen) atoms.